The normalized spacial score (nSPS) is 32.9. The first kappa shape index (κ1) is 25.2. The Labute approximate surface area is 201 Å². The van der Waals surface area contributed by atoms with Gasteiger partial charge in [-0.2, -0.15) is 0 Å². The predicted molar refractivity (Wildman–Crippen MR) is 123 cm³/mol. The minimum Gasteiger partial charge on any atom is -0.368 e. The molecule has 2 unspecified atom stereocenters. The van der Waals surface area contributed by atoms with Gasteiger partial charge < -0.3 is 9.64 Å². The van der Waals surface area contributed by atoms with Crippen molar-refractivity contribution in [2.45, 2.75) is 54.9 Å². The summed E-state index contributed by atoms with van der Waals surface area (Å²) in [5.74, 6) is -4.68. The van der Waals surface area contributed by atoms with Crippen molar-refractivity contribution in [2.24, 2.45) is 0 Å². The molecule has 0 saturated carbocycles. The highest BCUT2D eigenvalue weighted by atomic mass is 35.5. The number of rotatable bonds is 7. The fourth-order valence-electron chi connectivity index (χ4n) is 4.53. The summed E-state index contributed by atoms with van der Waals surface area (Å²) in [6.07, 6.45) is 1.76. The average molecular weight is 519 g/mol. The summed E-state index contributed by atoms with van der Waals surface area (Å²) in [6.45, 7) is 0.635. The van der Waals surface area contributed by atoms with E-state index in [4.69, 9.17) is 16.3 Å². The van der Waals surface area contributed by atoms with E-state index in [-0.39, 0.29) is 5.57 Å². The van der Waals surface area contributed by atoms with Gasteiger partial charge in [0.15, 0.2) is 0 Å². The van der Waals surface area contributed by atoms with Gasteiger partial charge in [0, 0.05) is 6.42 Å². The molecule has 2 saturated heterocycles. The van der Waals surface area contributed by atoms with Gasteiger partial charge in [-0.05, 0) is 24.5 Å². The molecule has 0 aromatic heterocycles. The third-order valence-electron chi connectivity index (χ3n) is 6.54. The number of carbonyl (C=O) groups excluding carboxylic acids is 1. The van der Waals surface area contributed by atoms with Gasteiger partial charge in [-0.25, -0.2) is 26.3 Å². The largest absolute Gasteiger partial charge is 0.368 e. The van der Waals surface area contributed by atoms with Crippen LogP contribution in [-0.2, 0) is 19.6 Å². The first-order valence-electron chi connectivity index (χ1n) is 11.0. The summed E-state index contributed by atoms with van der Waals surface area (Å²) >= 11 is 6.72. The van der Waals surface area contributed by atoms with E-state index < -0.39 is 69.8 Å². The molecule has 0 radical (unpaired) electrons. The van der Waals surface area contributed by atoms with Crippen LogP contribution in [0.3, 0.4) is 0 Å². The number of likely N-dealkylation sites (tertiary alicyclic amines) is 1. The lowest BCUT2D eigenvalue weighted by Gasteiger charge is -2.39. The maximum Gasteiger partial charge on any atom is 0.283 e. The molecule has 1 N–H and O–H groups in total. The molecule has 1 aromatic rings. The standard InChI is InChI=1S/C23H26ClF3N2O4S/c1-2-34(31,32)28-20-17(29(14-23(20,26)27)21(30)18-10-12-33-18)13-22(24)11-6-9-16(19(22)25)15-7-4-3-5-8-15/h3-9,11,17-20,28H,2,10,12-14H2,1H3/t17-,18?,19+,20+,22?/m0/s1. The SMILES string of the molecule is CCS(=O)(=O)N[C@@H]1[C@H](CC2(Cl)C=CC=C(c3ccccc3)[C@H]2F)N(C(=O)C2CCO2)CC1(F)F. The first-order valence-corrected chi connectivity index (χ1v) is 13.1. The number of hydrogen-bond donors (Lipinski definition) is 1. The van der Waals surface area contributed by atoms with E-state index >= 15 is 13.2 Å². The molecule has 186 valence electrons. The Morgan fingerprint density at radius 3 is 2.56 bits per heavy atom. The van der Waals surface area contributed by atoms with Crippen molar-refractivity contribution < 1.29 is 31.1 Å². The second-order valence-corrected chi connectivity index (χ2v) is 11.5. The van der Waals surface area contributed by atoms with Gasteiger partial charge in [-0.1, -0.05) is 48.6 Å². The maximum atomic E-state index is 15.8. The predicted octanol–water partition coefficient (Wildman–Crippen LogP) is 3.29. The van der Waals surface area contributed by atoms with Crippen LogP contribution in [-0.4, -0.2) is 73.3 Å². The van der Waals surface area contributed by atoms with Crippen LogP contribution in [0.25, 0.3) is 5.57 Å². The van der Waals surface area contributed by atoms with Gasteiger partial charge >= 0.3 is 0 Å². The summed E-state index contributed by atoms with van der Waals surface area (Å²) in [6, 6.07) is 5.33. The van der Waals surface area contributed by atoms with E-state index in [1.165, 1.54) is 13.0 Å². The lowest BCUT2D eigenvalue weighted by Crippen LogP contribution is -2.56. The Morgan fingerprint density at radius 2 is 1.97 bits per heavy atom. The number of halogens is 4. The minimum atomic E-state index is -4.06. The number of allylic oxidation sites excluding steroid dienone is 4. The second kappa shape index (κ2) is 9.29. The third-order valence-corrected chi connectivity index (χ3v) is 8.38. The van der Waals surface area contributed by atoms with E-state index in [9.17, 15) is 13.2 Å². The summed E-state index contributed by atoms with van der Waals surface area (Å²) in [7, 11) is -4.06. The van der Waals surface area contributed by atoms with E-state index in [0.29, 0.717) is 18.6 Å². The van der Waals surface area contributed by atoms with Gasteiger partial charge in [0.05, 0.1) is 24.9 Å². The molecule has 0 bridgehead atoms. The van der Waals surface area contributed by atoms with Gasteiger partial charge in [0.25, 0.3) is 11.8 Å². The highest BCUT2D eigenvalue weighted by molar-refractivity contribution is 7.89. The number of alkyl halides is 4. The highest BCUT2D eigenvalue weighted by Crippen LogP contribution is 2.45. The monoisotopic (exact) mass is 518 g/mol. The molecule has 6 nitrogen and oxygen atoms in total. The number of carbonyl (C=O) groups is 1. The second-order valence-electron chi connectivity index (χ2n) is 8.78. The number of nitrogens with one attached hydrogen (secondary N) is 1. The van der Waals surface area contributed by atoms with Crippen LogP contribution in [0, 0.1) is 0 Å². The van der Waals surface area contributed by atoms with Crippen LogP contribution in [0.1, 0.15) is 25.3 Å². The molecule has 4 rings (SSSR count). The average Bonchev–Trinajstić information content (AvgIpc) is 2.99. The zero-order valence-corrected chi connectivity index (χ0v) is 20.0. The summed E-state index contributed by atoms with van der Waals surface area (Å²) < 4.78 is 77.7. The number of nitrogens with zero attached hydrogens (tertiary/aromatic N) is 1. The number of ether oxygens (including phenoxy) is 1. The molecule has 34 heavy (non-hydrogen) atoms. The first-order chi connectivity index (χ1) is 16.0. The number of benzene rings is 1. The fourth-order valence-corrected chi connectivity index (χ4v) is 5.77. The van der Waals surface area contributed by atoms with Crippen LogP contribution in [0.15, 0.2) is 48.6 Å². The Hall–Kier alpha value is -1.88. The van der Waals surface area contributed by atoms with Crippen LogP contribution < -0.4 is 4.72 Å². The molecule has 2 aliphatic heterocycles. The number of amides is 1. The Morgan fingerprint density at radius 1 is 1.29 bits per heavy atom. The van der Waals surface area contributed by atoms with Crippen LogP contribution in [0.2, 0.25) is 0 Å². The van der Waals surface area contributed by atoms with Gasteiger partial charge in [-0.3, -0.25) is 4.79 Å². The molecular weight excluding hydrogens is 493 g/mol. The van der Waals surface area contributed by atoms with Crippen molar-refractivity contribution in [2.75, 3.05) is 18.9 Å². The van der Waals surface area contributed by atoms with Crippen molar-refractivity contribution in [3.8, 4) is 0 Å². The molecule has 2 fully saturated rings. The summed E-state index contributed by atoms with van der Waals surface area (Å²) in [5.41, 5.74) is 0.855. The van der Waals surface area contributed by atoms with E-state index in [0.717, 1.165) is 4.90 Å². The van der Waals surface area contributed by atoms with Crippen molar-refractivity contribution in [1.29, 1.82) is 0 Å². The molecule has 1 aliphatic carbocycles. The highest BCUT2D eigenvalue weighted by Gasteiger charge is 2.60. The zero-order chi connectivity index (χ0) is 24.7. The Kier molecular flexibility index (Phi) is 6.89. The van der Waals surface area contributed by atoms with E-state index in [2.05, 4.69) is 0 Å². The van der Waals surface area contributed by atoms with Crippen molar-refractivity contribution >= 4 is 33.1 Å². The summed E-state index contributed by atoms with van der Waals surface area (Å²) in [5, 5.41) is 0. The van der Waals surface area contributed by atoms with Crippen LogP contribution in [0.4, 0.5) is 13.2 Å². The number of hydrogen-bond acceptors (Lipinski definition) is 4. The topological polar surface area (TPSA) is 75.7 Å². The van der Waals surface area contributed by atoms with Crippen LogP contribution in [0.5, 0.6) is 0 Å². The number of sulfonamides is 1. The molecular formula is C23H26ClF3N2O4S. The quantitative estimate of drug-likeness (QED) is 0.562. The van der Waals surface area contributed by atoms with E-state index in [1.807, 2.05) is 4.72 Å². The maximum absolute atomic E-state index is 15.8. The molecule has 1 amide bonds. The van der Waals surface area contributed by atoms with Crippen molar-refractivity contribution in [3.63, 3.8) is 0 Å². The van der Waals surface area contributed by atoms with Crippen molar-refractivity contribution in [1.82, 2.24) is 9.62 Å². The van der Waals surface area contributed by atoms with Gasteiger partial charge in [0.1, 0.15) is 23.2 Å². The molecule has 3 aliphatic rings. The fraction of sp³-hybridized carbons (Fsp3) is 0.522. The minimum absolute atomic E-state index is 0.272. The third kappa shape index (κ3) is 4.78. The Balaban J connectivity index is 1.68. The van der Waals surface area contributed by atoms with Gasteiger partial charge in [0.2, 0.25) is 10.0 Å². The molecule has 5 atom stereocenters. The lowest BCUT2D eigenvalue weighted by atomic mass is 9.82. The van der Waals surface area contributed by atoms with Crippen LogP contribution >= 0.6 is 11.6 Å². The zero-order valence-electron chi connectivity index (χ0n) is 18.5. The summed E-state index contributed by atoms with van der Waals surface area (Å²) in [4.78, 5) is 12.1. The Bertz CT molecular complexity index is 1090. The van der Waals surface area contributed by atoms with Crippen molar-refractivity contribution in [3.05, 3.63) is 54.1 Å². The lowest BCUT2D eigenvalue weighted by molar-refractivity contribution is -0.158. The molecule has 1 aromatic carbocycles. The van der Waals surface area contributed by atoms with E-state index in [1.54, 1.807) is 42.5 Å². The molecule has 2 heterocycles. The molecule has 0 spiro atoms. The smallest absolute Gasteiger partial charge is 0.283 e. The molecule has 11 heteroatoms. The van der Waals surface area contributed by atoms with Gasteiger partial charge in [-0.15, -0.1) is 11.6 Å².